The van der Waals surface area contributed by atoms with Crippen molar-refractivity contribution in [2.45, 2.75) is 114 Å². The number of allylic oxidation sites excluding steroid dienone is 1. The van der Waals surface area contributed by atoms with E-state index in [0.717, 1.165) is 27.8 Å². The summed E-state index contributed by atoms with van der Waals surface area (Å²) in [6.07, 6.45) is -21.8. The van der Waals surface area contributed by atoms with Crippen LogP contribution < -0.4 is 0 Å². The summed E-state index contributed by atoms with van der Waals surface area (Å²) in [4.78, 5) is 66.5. The van der Waals surface area contributed by atoms with Crippen LogP contribution in [0, 0.1) is 0 Å². The third-order valence-electron chi connectivity index (χ3n) is 9.04. The van der Waals surface area contributed by atoms with E-state index in [2.05, 4.69) is 25.7 Å². The molecule has 0 spiro atoms. The summed E-state index contributed by atoms with van der Waals surface area (Å²) < 4.78 is 98.6. The molecule has 0 radical (unpaired) electrons. The number of hydrogen-bond donors (Lipinski definition) is 1. The first-order chi connectivity index (χ1) is 30.9. The van der Waals surface area contributed by atoms with Crippen LogP contribution in [0.15, 0.2) is 78.1 Å². The second-order valence-electron chi connectivity index (χ2n) is 14.0. The summed E-state index contributed by atoms with van der Waals surface area (Å²) in [5.41, 5.74) is 9.81. The zero-order valence-corrected chi connectivity index (χ0v) is 36.9. The number of rotatable bonds is 25. The van der Waals surface area contributed by atoms with Crippen molar-refractivity contribution in [3.8, 4) is 0 Å². The van der Waals surface area contributed by atoms with E-state index in [0.29, 0.717) is 12.8 Å². The van der Waals surface area contributed by atoms with Crippen molar-refractivity contribution in [3.63, 3.8) is 0 Å². The molecular weight excluding hydrogens is 888 g/mol. The average Bonchev–Trinajstić information content (AvgIpc) is 3.26. The Balaban J connectivity index is 2.29. The number of ether oxygens (including phenoxy) is 9. The summed E-state index contributed by atoms with van der Waals surface area (Å²) in [7, 11) is 3.31. The number of aliphatic hydroxyl groups excluding tert-OH is 1. The van der Waals surface area contributed by atoms with Gasteiger partial charge in [-0.2, -0.15) is 0 Å². The van der Waals surface area contributed by atoms with Crippen LogP contribution in [-0.4, -0.2) is 136 Å². The van der Waals surface area contributed by atoms with Crippen molar-refractivity contribution < 1.29 is 89.5 Å². The van der Waals surface area contributed by atoms with Gasteiger partial charge in [0.1, 0.15) is 0 Å². The third-order valence-corrected chi connectivity index (χ3v) is 9.19. The first-order valence-electron chi connectivity index (χ1n) is 20.0. The summed E-state index contributed by atoms with van der Waals surface area (Å²) in [5, 5.41) is 15.3. The normalized spacial score (nSPS) is 20.4. The van der Waals surface area contributed by atoms with Crippen molar-refractivity contribution in [1.82, 2.24) is 0 Å². The van der Waals surface area contributed by atoms with Crippen LogP contribution in [0.25, 0.3) is 10.4 Å². The molecule has 0 saturated carbocycles. The minimum atomic E-state index is -5.28. The van der Waals surface area contributed by atoms with Gasteiger partial charge in [0.05, 0.1) is 0 Å². The second kappa shape index (κ2) is 27.2. The number of benzene rings is 2. The Morgan fingerprint density at radius 2 is 1.51 bits per heavy atom. The number of halogens is 3. The fraction of sp³-hybridized carbons (Fsp3) is 0.525. The van der Waals surface area contributed by atoms with E-state index in [1.165, 1.54) is 42.9 Å². The minimum absolute atomic E-state index is 0.0966. The molecule has 4 unspecified atom stereocenters. The predicted octanol–water partition coefficient (Wildman–Crippen LogP) is 4.68. The monoisotopic (exact) mass is 937 g/mol. The number of hydrogen-bond acceptors (Lipinski definition) is 17. The van der Waals surface area contributed by atoms with Crippen molar-refractivity contribution in [3.05, 3.63) is 94.6 Å². The predicted molar refractivity (Wildman–Crippen MR) is 224 cm³/mol. The van der Waals surface area contributed by atoms with Crippen LogP contribution in [0.4, 0.5) is 13.2 Å². The molecule has 19 nitrogen and oxygen atoms in total. The van der Waals surface area contributed by atoms with E-state index in [9.17, 15) is 47.8 Å². The van der Waals surface area contributed by atoms with Gasteiger partial charge >= 0.3 is 376 Å². The quantitative estimate of drug-likeness (QED) is 0.0136. The first-order valence-corrected chi connectivity index (χ1v) is 20.6. The zero-order valence-electron chi connectivity index (χ0n) is 35.8. The Morgan fingerprint density at radius 3 is 2.05 bits per heavy atom. The van der Waals surface area contributed by atoms with Crippen LogP contribution in [0.5, 0.6) is 0 Å². The van der Waals surface area contributed by atoms with E-state index in [-0.39, 0.29) is 17.7 Å². The van der Waals surface area contributed by atoms with Crippen LogP contribution in [-0.2, 0) is 61.7 Å². The van der Waals surface area contributed by atoms with Gasteiger partial charge in [-0.05, 0) is 0 Å². The van der Waals surface area contributed by atoms with E-state index < -0.39 is 123 Å². The average molecular weight is 937 g/mol. The molecule has 2 aromatic carbocycles. The molecule has 3 rings (SSSR count). The van der Waals surface area contributed by atoms with Crippen LogP contribution in [0.2, 0.25) is 0 Å². The van der Waals surface area contributed by atoms with Gasteiger partial charge in [-0.1, -0.05) is 0 Å². The Kier molecular flexibility index (Phi) is 22.6. The molecule has 352 valence electrons. The first kappa shape index (κ1) is 54.0. The number of esters is 5. The van der Waals surface area contributed by atoms with Crippen molar-refractivity contribution in [2.24, 2.45) is 5.11 Å². The number of alkyl halides is 3. The molecule has 0 bridgehead atoms. The van der Waals surface area contributed by atoms with Crippen molar-refractivity contribution >= 4 is 52.5 Å². The Labute approximate surface area is 375 Å². The molecule has 11 atom stereocenters. The molecule has 1 saturated heterocycles. The van der Waals surface area contributed by atoms with Gasteiger partial charge in [-0.3, -0.25) is 0 Å². The number of carbonyl (C=O) groups is 5. The Bertz CT molecular complexity index is 1970. The number of carbonyl (C=O) groups excluding carboxylic acids is 5. The van der Waals surface area contributed by atoms with E-state index in [1.807, 2.05) is 6.92 Å². The second-order valence-corrected chi connectivity index (χ2v) is 14.4. The van der Waals surface area contributed by atoms with E-state index in [1.54, 1.807) is 24.3 Å². The number of unbranched alkanes of at least 4 members (excludes halogenated alkanes) is 1. The van der Waals surface area contributed by atoms with Gasteiger partial charge in [0.2, 0.25) is 0 Å². The molecular formula is C40H49B2F3N3O16P. The summed E-state index contributed by atoms with van der Waals surface area (Å²) in [6.45, 7) is 7.94. The molecule has 1 N–H and O–H groups in total. The molecule has 25 heteroatoms. The van der Waals surface area contributed by atoms with Gasteiger partial charge in [0, 0.05) is 0 Å². The van der Waals surface area contributed by atoms with Gasteiger partial charge in [-0.15, -0.1) is 0 Å². The molecule has 1 heterocycles. The zero-order chi connectivity index (χ0) is 48.1. The molecule has 0 amide bonds. The molecule has 1 fully saturated rings. The van der Waals surface area contributed by atoms with Gasteiger partial charge in [0.25, 0.3) is 0 Å². The van der Waals surface area contributed by atoms with Crippen LogP contribution >= 0.6 is 9.12 Å². The van der Waals surface area contributed by atoms with Crippen LogP contribution in [0.1, 0.15) is 67.7 Å². The fourth-order valence-corrected chi connectivity index (χ4v) is 6.21. The molecule has 0 aliphatic carbocycles. The van der Waals surface area contributed by atoms with Gasteiger partial charge in [0.15, 0.2) is 0 Å². The molecule has 0 aromatic heterocycles. The van der Waals surface area contributed by atoms with E-state index in [4.69, 9.17) is 47.3 Å². The Hall–Kier alpha value is -5.37. The number of nitrogens with zero attached hydrogens (tertiary/aromatic N) is 3. The molecule has 1 aliphatic rings. The standard InChI is InChI=1S/C40H49B2F3N3O16P/c1-6-7-18-55-28(20-57-36(52)26-14-10-8-11-15-26)19-29(64-41-42-65)32(62-37(53)27-16-12-9-13-17-27)35(38(54)58-22(2)40(43,44)45)63-39-31(47-48-46)34(60-25(5)51)33(59-24(4)50)30(61-39)21-56-23(3)49/h8-17,28-35,38-39,54H,2,6-7,18-21,65H2,1,3-5H3/t28-,29-,30-,31?,32?,33-,34?,35-,38+,39-/m1/s1. The van der Waals surface area contributed by atoms with Crippen molar-refractivity contribution in [2.75, 3.05) is 19.8 Å². The summed E-state index contributed by atoms with van der Waals surface area (Å²) >= 11 is 0. The maximum atomic E-state index is 14.0. The van der Waals surface area contributed by atoms with Crippen molar-refractivity contribution in [1.29, 1.82) is 0 Å². The number of azide groups is 1. The van der Waals surface area contributed by atoms with E-state index >= 15 is 0 Å². The van der Waals surface area contributed by atoms with Gasteiger partial charge < -0.3 is 0 Å². The maximum absolute atomic E-state index is 14.0. The molecule has 2 aromatic rings. The number of aliphatic hydroxyl groups is 1. The topological polar surface area (TPSA) is 247 Å². The SMILES string of the molecule is C=C(O[C@H](O)[C@H](O[C@H]1O[C@H](COC(C)=O)[C@@H](OC(C)=O)C(OC(C)=O)C1N=[N+]=[N-])C(OC(=O)c1ccccc1)[C@@H](C[C@H](COC(=O)c1ccccc1)OCCCC)OB=BP)C(F)(F)F. The van der Waals surface area contributed by atoms with Crippen LogP contribution in [0.3, 0.4) is 0 Å². The molecule has 1 aliphatic heterocycles. The molecule has 65 heavy (non-hydrogen) atoms. The fourth-order valence-electron chi connectivity index (χ4n) is 6.12. The van der Waals surface area contributed by atoms with Gasteiger partial charge in [-0.25, -0.2) is 0 Å². The summed E-state index contributed by atoms with van der Waals surface area (Å²) in [5.74, 6) is -6.66. The summed E-state index contributed by atoms with van der Waals surface area (Å²) in [6, 6.07) is 13.2. The Morgan fingerprint density at radius 1 is 0.908 bits per heavy atom. The third kappa shape index (κ3) is 17.9.